The Labute approximate surface area is 94.2 Å². The van der Waals surface area contributed by atoms with Gasteiger partial charge >= 0.3 is 0 Å². The van der Waals surface area contributed by atoms with Gasteiger partial charge in [0.15, 0.2) is 5.15 Å². The van der Waals surface area contributed by atoms with Crippen molar-refractivity contribution in [2.75, 3.05) is 7.11 Å². The Morgan fingerprint density at radius 3 is 2.79 bits per heavy atom. The van der Waals surface area contributed by atoms with E-state index < -0.39 is 0 Å². The number of methoxy groups -OCH3 is 1. The fourth-order valence-electron chi connectivity index (χ4n) is 1.22. The lowest BCUT2D eigenvalue weighted by Crippen LogP contribution is -1.92. The van der Waals surface area contributed by atoms with E-state index in [2.05, 4.69) is 26.1 Å². The molecule has 0 aliphatic carbocycles. The molecule has 0 bridgehead atoms. The van der Waals surface area contributed by atoms with Gasteiger partial charge in [-0.05, 0) is 18.2 Å². The van der Waals surface area contributed by atoms with Crippen LogP contribution < -0.4 is 4.74 Å². The largest absolute Gasteiger partial charge is 0.479 e. The SMILES string of the molecule is COc1nnc(Cl)c2cc(Br)ccc12. The Bertz CT molecular complexity index is 489. The molecule has 3 nitrogen and oxygen atoms in total. The van der Waals surface area contributed by atoms with Crippen LogP contribution >= 0.6 is 27.5 Å². The molecular formula is C9H6BrClN2O. The van der Waals surface area contributed by atoms with Gasteiger partial charge in [0.25, 0.3) is 0 Å². The summed E-state index contributed by atoms with van der Waals surface area (Å²) < 4.78 is 6.02. The molecule has 0 saturated heterocycles. The molecule has 14 heavy (non-hydrogen) atoms. The second kappa shape index (κ2) is 3.71. The van der Waals surface area contributed by atoms with Crippen LogP contribution in [-0.2, 0) is 0 Å². The molecule has 0 amide bonds. The van der Waals surface area contributed by atoms with Gasteiger partial charge in [0.2, 0.25) is 5.88 Å². The Balaban J connectivity index is 2.84. The summed E-state index contributed by atoms with van der Waals surface area (Å²) >= 11 is 9.27. The van der Waals surface area contributed by atoms with Crippen molar-refractivity contribution in [3.63, 3.8) is 0 Å². The van der Waals surface area contributed by atoms with Crippen molar-refractivity contribution in [2.45, 2.75) is 0 Å². The molecule has 0 spiro atoms. The fraction of sp³-hybridized carbons (Fsp3) is 0.111. The van der Waals surface area contributed by atoms with Crippen LogP contribution in [0.15, 0.2) is 22.7 Å². The van der Waals surface area contributed by atoms with E-state index in [4.69, 9.17) is 16.3 Å². The van der Waals surface area contributed by atoms with Gasteiger partial charge in [-0.15, -0.1) is 10.2 Å². The van der Waals surface area contributed by atoms with Crippen molar-refractivity contribution in [1.29, 1.82) is 0 Å². The van der Waals surface area contributed by atoms with Gasteiger partial charge in [0, 0.05) is 15.2 Å². The summed E-state index contributed by atoms with van der Waals surface area (Å²) in [5.74, 6) is 0.483. The first-order valence-corrected chi connectivity index (χ1v) is 5.05. The first kappa shape index (κ1) is 9.68. The lowest BCUT2D eigenvalue weighted by molar-refractivity contribution is 0.398. The standard InChI is InChI=1S/C9H6BrClN2O/c1-14-9-6-3-2-5(10)4-7(6)8(11)12-13-9/h2-4H,1H3. The van der Waals surface area contributed by atoms with Gasteiger partial charge in [-0.25, -0.2) is 0 Å². The summed E-state index contributed by atoms with van der Waals surface area (Å²) in [7, 11) is 1.55. The molecule has 0 radical (unpaired) electrons. The average Bonchev–Trinajstić information content (AvgIpc) is 2.19. The predicted molar refractivity (Wildman–Crippen MR) is 58.8 cm³/mol. The molecule has 1 heterocycles. The molecular weight excluding hydrogens is 267 g/mol. The van der Waals surface area contributed by atoms with E-state index >= 15 is 0 Å². The molecule has 0 aliphatic heterocycles. The second-order valence-electron chi connectivity index (χ2n) is 2.69. The number of benzene rings is 1. The molecule has 0 unspecified atom stereocenters. The number of halogens is 2. The van der Waals surface area contributed by atoms with E-state index in [0.717, 1.165) is 15.2 Å². The van der Waals surface area contributed by atoms with Crippen LogP contribution in [-0.4, -0.2) is 17.3 Å². The average molecular weight is 274 g/mol. The van der Waals surface area contributed by atoms with Crippen molar-refractivity contribution in [3.05, 3.63) is 27.8 Å². The minimum atomic E-state index is 0.377. The molecule has 2 rings (SSSR count). The van der Waals surface area contributed by atoms with Crippen molar-refractivity contribution in [3.8, 4) is 5.88 Å². The number of hydrogen-bond acceptors (Lipinski definition) is 3. The fourth-order valence-corrected chi connectivity index (χ4v) is 1.78. The van der Waals surface area contributed by atoms with E-state index in [1.807, 2.05) is 18.2 Å². The zero-order valence-electron chi connectivity index (χ0n) is 7.29. The van der Waals surface area contributed by atoms with Gasteiger partial charge in [0.05, 0.1) is 7.11 Å². The molecule has 0 saturated carbocycles. The molecule has 72 valence electrons. The maximum atomic E-state index is 5.91. The van der Waals surface area contributed by atoms with Crippen molar-refractivity contribution in [1.82, 2.24) is 10.2 Å². The van der Waals surface area contributed by atoms with Crippen LogP contribution in [0.25, 0.3) is 10.8 Å². The molecule has 0 fully saturated rings. The van der Waals surface area contributed by atoms with Gasteiger partial charge in [-0.3, -0.25) is 0 Å². The molecule has 0 atom stereocenters. The monoisotopic (exact) mass is 272 g/mol. The lowest BCUT2D eigenvalue weighted by atomic mass is 10.2. The summed E-state index contributed by atoms with van der Waals surface area (Å²) in [6.07, 6.45) is 0. The highest BCUT2D eigenvalue weighted by molar-refractivity contribution is 9.10. The molecule has 1 aromatic heterocycles. The Kier molecular flexibility index (Phi) is 2.56. The number of rotatable bonds is 1. The third kappa shape index (κ3) is 1.55. The van der Waals surface area contributed by atoms with E-state index in [1.54, 1.807) is 7.11 Å². The van der Waals surface area contributed by atoms with Crippen LogP contribution in [0.3, 0.4) is 0 Å². The summed E-state index contributed by atoms with van der Waals surface area (Å²) in [5, 5.41) is 9.68. The number of nitrogens with zero attached hydrogens (tertiary/aromatic N) is 2. The summed E-state index contributed by atoms with van der Waals surface area (Å²) in [6, 6.07) is 5.68. The minimum absolute atomic E-state index is 0.377. The Morgan fingerprint density at radius 1 is 1.29 bits per heavy atom. The minimum Gasteiger partial charge on any atom is -0.479 e. The second-order valence-corrected chi connectivity index (χ2v) is 3.96. The number of ether oxygens (including phenoxy) is 1. The van der Waals surface area contributed by atoms with Crippen LogP contribution in [0.2, 0.25) is 5.15 Å². The van der Waals surface area contributed by atoms with Crippen LogP contribution in [0, 0.1) is 0 Å². The molecule has 0 aliphatic rings. The molecule has 5 heteroatoms. The molecule has 1 aromatic carbocycles. The van der Waals surface area contributed by atoms with Gasteiger partial charge in [-0.1, -0.05) is 27.5 Å². The first-order valence-electron chi connectivity index (χ1n) is 3.88. The number of hydrogen-bond donors (Lipinski definition) is 0. The highest BCUT2D eigenvalue weighted by Crippen LogP contribution is 2.29. The predicted octanol–water partition coefficient (Wildman–Crippen LogP) is 3.05. The van der Waals surface area contributed by atoms with E-state index in [-0.39, 0.29) is 0 Å². The Hall–Kier alpha value is -0.870. The Morgan fingerprint density at radius 2 is 2.07 bits per heavy atom. The summed E-state index contributed by atoms with van der Waals surface area (Å²) in [4.78, 5) is 0. The lowest BCUT2D eigenvalue weighted by Gasteiger charge is -2.04. The number of aromatic nitrogens is 2. The maximum Gasteiger partial charge on any atom is 0.241 e. The molecule has 0 N–H and O–H groups in total. The van der Waals surface area contributed by atoms with E-state index in [0.29, 0.717) is 11.0 Å². The summed E-state index contributed by atoms with van der Waals surface area (Å²) in [6.45, 7) is 0. The highest BCUT2D eigenvalue weighted by Gasteiger charge is 2.07. The van der Waals surface area contributed by atoms with Gasteiger partial charge in [-0.2, -0.15) is 0 Å². The van der Waals surface area contributed by atoms with Crippen molar-refractivity contribution < 1.29 is 4.74 Å². The third-order valence-corrected chi connectivity index (χ3v) is 2.63. The van der Waals surface area contributed by atoms with Crippen LogP contribution in [0.4, 0.5) is 0 Å². The van der Waals surface area contributed by atoms with Crippen LogP contribution in [0.5, 0.6) is 5.88 Å². The number of fused-ring (bicyclic) bond motifs is 1. The third-order valence-electron chi connectivity index (χ3n) is 1.86. The van der Waals surface area contributed by atoms with Crippen molar-refractivity contribution >= 4 is 38.3 Å². The zero-order valence-corrected chi connectivity index (χ0v) is 9.63. The van der Waals surface area contributed by atoms with Gasteiger partial charge in [0.1, 0.15) is 0 Å². The summed E-state index contributed by atoms with van der Waals surface area (Å²) in [5.41, 5.74) is 0. The smallest absolute Gasteiger partial charge is 0.241 e. The highest BCUT2D eigenvalue weighted by atomic mass is 79.9. The first-order chi connectivity index (χ1) is 6.72. The topological polar surface area (TPSA) is 35.0 Å². The quantitative estimate of drug-likeness (QED) is 0.801. The molecule has 2 aromatic rings. The maximum absolute atomic E-state index is 5.91. The zero-order chi connectivity index (χ0) is 10.1. The van der Waals surface area contributed by atoms with E-state index in [9.17, 15) is 0 Å². The van der Waals surface area contributed by atoms with Crippen LogP contribution in [0.1, 0.15) is 0 Å². The van der Waals surface area contributed by atoms with Crippen molar-refractivity contribution in [2.24, 2.45) is 0 Å². The van der Waals surface area contributed by atoms with E-state index in [1.165, 1.54) is 0 Å². The normalized spacial score (nSPS) is 10.5. The van der Waals surface area contributed by atoms with Gasteiger partial charge < -0.3 is 4.74 Å².